The Morgan fingerprint density at radius 2 is 1.90 bits per heavy atom. The van der Waals surface area contributed by atoms with Crippen molar-refractivity contribution in [3.05, 3.63) is 0 Å². The van der Waals surface area contributed by atoms with Gasteiger partial charge in [-0.1, -0.05) is 33.1 Å². The average Bonchev–Trinajstić information content (AvgIpc) is 2.57. The van der Waals surface area contributed by atoms with E-state index in [2.05, 4.69) is 13.8 Å². The first kappa shape index (κ1) is 16.3. The number of nitrogens with zero attached hydrogens (tertiary/aromatic N) is 1. The van der Waals surface area contributed by atoms with Crippen LogP contribution in [-0.2, 0) is 9.59 Å². The Hall–Kier alpha value is -1.06. The van der Waals surface area contributed by atoms with Gasteiger partial charge in [-0.3, -0.25) is 9.59 Å². The summed E-state index contributed by atoms with van der Waals surface area (Å²) in [4.78, 5) is 26.2. The molecule has 0 spiro atoms. The van der Waals surface area contributed by atoms with Gasteiger partial charge in [-0.25, -0.2) is 0 Å². The van der Waals surface area contributed by atoms with Crippen LogP contribution in [0.3, 0.4) is 0 Å². The average molecular weight is 295 g/mol. The molecule has 1 heterocycles. The molecule has 120 valence electrons. The van der Waals surface area contributed by atoms with Crippen molar-refractivity contribution >= 4 is 11.9 Å². The topological polar surface area (TPSA) is 57.6 Å². The molecule has 4 heteroatoms. The molecule has 1 unspecified atom stereocenters. The van der Waals surface area contributed by atoms with E-state index in [0.717, 1.165) is 32.2 Å². The maximum atomic E-state index is 12.7. The van der Waals surface area contributed by atoms with Crippen LogP contribution in [0.15, 0.2) is 0 Å². The molecule has 1 atom stereocenters. The summed E-state index contributed by atoms with van der Waals surface area (Å²) in [5, 5.41) is 9.43. The quantitative estimate of drug-likeness (QED) is 0.845. The molecule has 0 bridgehead atoms. The number of aliphatic carboxylic acids is 1. The second-order valence-corrected chi connectivity index (χ2v) is 7.34. The van der Waals surface area contributed by atoms with Gasteiger partial charge >= 0.3 is 5.97 Å². The molecular weight excluding hydrogens is 266 g/mol. The molecule has 2 rings (SSSR count). The van der Waals surface area contributed by atoms with Crippen molar-refractivity contribution in [3.63, 3.8) is 0 Å². The number of hydrogen-bond donors (Lipinski definition) is 1. The van der Waals surface area contributed by atoms with Crippen molar-refractivity contribution in [2.75, 3.05) is 6.54 Å². The molecule has 1 amide bonds. The van der Waals surface area contributed by atoms with Crippen molar-refractivity contribution in [2.45, 2.75) is 77.7 Å². The minimum absolute atomic E-state index is 0.0738. The molecule has 4 nitrogen and oxygen atoms in total. The second kappa shape index (κ2) is 6.80. The van der Waals surface area contributed by atoms with Crippen LogP contribution in [0.1, 0.15) is 71.6 Å². The van der Waals surface area contributed by atoms with E-state index in [-0.39, 0.29) is 12.3 Å². The molecule has 1 saturated carbocycles. The van der Waals surface area contributed by atoms with Crippen LogP contribution >= 0.6 is 0 Å². The molecule has 2 aliphatic rings. The Morgan fingerprint density at radius 3 is 2.43 bits per heavy atom. The van der Waals surface area contributed by atoms with Crippen LogP contribution < -0.4 is 0 Å². The lowest BCUT2D eigenvalue weighted by atomic mass is 9.66. The number of carbonyl (C=O) groups excluding carboxylic acids is 1. The lowest BCUT2D eigenvalue weighted by Crippen LogP contribution is -2.47. The number of carbonyl (C=O) groups is 2. The van der Waals surface area contributed by atoms with Crippen molar-refractivity contribution in [1.82, 2.24) is 4.90 Å². The van der Waals surface area contributed by atoms with E-state index < -0.39 is 11.4 Å². The fourth-order valence-electron chi connectivity index (χ4n) is 3.76. The summed E-state index contributed by atoms with van der Waals surface area (Å²) in [6.07, 6.45) is 8.00. The number of carboxylic acids is 1. The third kappa shape index (κ3) is 3.78. The van der Waals surface area contributed by atoms with Gasteiger partial charge in [0.1, 0.15) is 0 Å². The minimum Gasteiger partial charge on any atom is -0.481 e. The van der Waals surface area contributed by atoms with Crippen LogP contribution in [-0.4, -0.2) is 34.5 Å². The molecule has 0 aromatic heterocycles. The zero-order chi connectivity index (χ0) is 15.5. The first-order valence-corrected chi connectivity index (χ1v) is 8.47. The molecule has 0 aromatic rings. The Bertz CT molecular complexity index is 387. The van der Waals surface area contributed by atoms with Gasteiger partial charge in [0.25, 0.3) is 0 Å². The fraction of sp³-hybridized carbons (Fsp3) is 0.882. The van der Waals surface area contributed by atoms with Crippen LogP contribution in [0.4, 0.5) is 0 Å². The number of carboxylic acid groups (broad SMARTS) is 1. The zero-order valence-corrected chi connectivity index (χ0v) is 13.4. The van der Waals surface area contributed by atoms with E-state index in [1.165, 1.54) is 12.8 Å². The highest BCUT2D eigenvalue weighted by atomic mass is 16.4. The lowest BCUT2D eigenvalue weighted by Gasteiger charge is -2.40. The highest BCUT2D eigenvalue weighted by Gasteiger charge is 2.47. The van der Waals surface area contributed by atoms with Crippen LogP contribution in [0.2, 0.25) is 0 Å². The molecule has 1 aliphatic heterocycles. The van der Waals surface area contributed by atoms with Crippen LogP contribution in [0.5, 0.6) is 0 Å². The third-order valence-electron chi connectivity index (χ3n) is 5.19. The highest BCUT2D eigenvalue weighted by Crippen LogP contribution is 2.45. The Kier molecular flexibility index (Phi) is 5.28. The molecular formula is C17H29NO3. The summed E-state index contributed by atoms with van der Waals surface area (Å²) in [6.45, 7) is 5.20. The van der Waals surface area contributed by atoms with E-state index in [1.54, 1.807) is 0 Å². The summed E-state index contributed by atoms with van der Waals surface area (Å²) in [6, 6.07) is 0.311. The van der Waals surface area contributed by atoms with Gasteiger partial charge in [0.05, 0.1) is 5.41 Å². The van der Waals surface area contributed by atoms with Gasteiger partial charge in [0.2, 0.25) is 5.91 Å². The van der Waals surface area contributed by atoms with Crippen LogP contribution in [0.25, 0.3) is 0 Å². The largest absolute Gasteiger partial charge is 0.481 e. The summed E-state index contributed by atoms with van der Waals surface area (Å²) < 4.78 is 0. The van der Waals surface area contributed by atoms with Gasteiger partial charge in [-0.15, -0.1) is 0 Å². The predicted octanol–water partition coefficient (Wildman–Crippen LogP) is 3.45. The molecule has 1 saturated heterocycles. The predicted molar refractivity (Wildman–Crippen MR) is 82.0 cm³/mol. The molecule has 21 heavy (non-hydrogen) atoms. The van der Waals surface area contributed by atoms with Crippen molar-refractivity contribution in [3.8, 4) is 0 Å². The Labute approximate surface area is 127 Å². The van der Waals surface area contributed by atoms with Gasteiger partial charge in [-0.05, 0) is 38.0 Å². The van der Waals surface area contributed by atoms with Crippen LogP contribution in [0, 0.1) is 11.3 Å². The monoisotopic (exact) mass is 295 g/mol. The lowest BCUT2D eigenvalue weighted by molar-refractivity contribution is -0.160. The minimum atomic E-state index is -0.780. The first-order chi connectivity index (χ1) is 9.94. The molecule has 2 fully saturated rings. The first-order valence-electron chi connectivity index (χ1n) is 8.47. The Morgan fingerprint density at radius 1 is 1.19 bits per heavy atom. The summed E-state index contributed by atoms with van der Waals surface area (Å²) >= 11 is 0. The van der Waals surface area contributed by atoms with E-state index in [4.69, 9.17) is 0 Å². The van der Waals surface area contributed by atoms with Crippen molar-refractivity contribution < 1.29 is 14.7 Å². The highest BCUT2D eigenvalue weighted by molar-refractivity contribution is 5.85. The SMILES string of the molecule is CC(C)CC1CCCCCN1C(=O)CC1(C(=O)O)CCC1. The van der Waals surface area contributed by atoms with E-state index in [1.807, 2.05) is 4.90 Å². The van der Waals surface area contributed by atoms with Crippen molar-refractivity contribution in [1.29, 1.82) is 0 Å². The number of amides is 1. The second-order valence-electron chi connectivity index (χ2n) is 7.34. The fourth-order valence-corrected chi connectivity index (χ4v) is 3.76. The molecule has 0 radical (unpaired) electrons. The van der Waals surface area contributed by atoms with Gasteiger partial charge in [-0.2, -0.15) is 0 Å². The normalized spacial score (nSPS) is 25.3. The maximum absolute atomic E-state index is 12.7. The number of likely N-dealkylation sites (tertiary alicyclic amines) is 1. The van der Waals surface area contributed by atoms with E-state index >= 15 is 0 Å². The third-order valence-corrected chi connectivity index (χ3v) is 5.19. The van der Waals surface area contributed by atoms with Crippen molar-refractivity contribution in [2.24, 2.45) is 11.3 Å². The zero-order valence-electron chi connectivity index (χ0n) is 13.4. The summed E-state index contributed by atoms with van der Waals surface area (Å²) in [7, 11) is 0. The van der Waals surface area contributed by atoms with Gasteiger partial charge in [0, 0.05) is 19.0 Å². The standard InChI is InChI=1S/C17H29NO3/c1-13(2)11-14-7-4-3-5-10-18(14)15(19)12-17(16(20)21)8-6-9-17/h13-14H,3-12H2,1-2H3,(H,20,21). The smallest absolute Gasteiger partial charge is 0.310 e. The molecule has 0 aromatic carbocycles. The number of rotatable bonds is 5. The Balaban J connectivity index is 2.04. The number of hydrogen-bond acceptors (Lipinski definition) is 2. The van der Waals surface area contributed by atoms with Gasteiger partial charge in [0.15, 0.2) is 0 Å². The molecule has 1 N–H and O–H groups in total. The van der Waals surface area contributed by atoms with E-state index in [9.17, 15) is 14.7 Å². The maximum Gasteiger partial charge on any atom is 0.310 e. The summed E-state index contributed by atoms with van der Waals surface area (Å²) in [5.41, 5.74) is -0.758. The van der Waals surface area contributed by atoms with Gasteiger partial charge < -0.3 is 10.0 Å². The summed E-state index contributed by atoms with van der Waals surface area (Å²) in [5.74, 6) is -0.137. The molecule has 1 aliphatic carbocycles. The van der Waals surface area contributed by atoms with E-state index in [0.29, 0.717) is 24.8 Å².